The van der Waals surface area contributed by atoms with Crippen LogP contribution in [0.4, 0.5) is 5.82 Å². The Labute approximate surface area is 201 Å². The molecule has 4 rings (SSSR count). The summed E-state index contributed by atoms with van der Waals surface area (Å²) in [7, 11) is 0. The smallest absolute Gasteiger partial charge is 0.127 e. The average molecular weight is 454 g/mol. The van der Waals surface area contributed by atoms with Crippen molar-refractivity contribution in [2.75, 3.05) is 5.32 Å². The highest BCUT2D eigenvalue weighted by Crippen LogP contribution is 2.26. The van der Waals surface area contributed by atoms with E-state index in [1.165, 1.54) is 5.56 Å². The van der Waals surface area contributed by atoms with Crippen LogP contribution in [-0.2, 0) is 0 Å². The number of aryl methyl sites for hydroxylation is 1. The van der Waals surface area contributed by atoms with Gasteiger partial charge in [-0.3, -0.25) is 0 Å². The van der Waals surface area contributed by atoms with E-state index < -0.39 is 0 Å². The van der Waals surface area contributed by atoms with Crippen LogP contribution in [0.15, 0.2) is 66.9 Å². The third kappa shape index (κ3) is 5.53. The van der Waals surface area contributed by atoms with Crippen LogP contribution in [0.1, 0.15) is 44.5 Å². The number of hydrogen-bond donors (Lipinski definition) is 1. The van der Waals surface area contributed by atoms with E-state index in [0.29, 0.717) is 6.04 Å². The maximum Gasteiger partial charge on any atom is 0.127 e. The quantitative estimate of drug-likeness (QED) is 0.326. The molecular weight excluding hydrogens is 426 g/mol. The van der Waals surface area contributed by atoms with E-state index in [4.69, 9.17) is 16.6 Å². The van der Waals surface area contributed by atoms with E-state index in [9.17, 15) is 0 Å². The maximum atomic E-state index is 5.97. The predicted molar refractivity (Wildman–Crippen MR) is 140 cm³/mol. The first-order chi connectivity index (χ1) is 15.7. The zero-order chi connectivity index (χ0) is 23.6. The number of benzene rings is 2. The molecule has 33 heavy (non-hydrogen) atoms. The standard InChI is InChI=1S/C29H28ClN3/c1-19-16-28(32-20(2)29(3,4)5)33-27-15-7-21(17-26(19)27)6-13-25-14-10-23(18-31-25)22-8-11-24(30)12-9-22/h7-12,14-18,20H,1-5H3,(H,32,33)/t20-/m0/s1. The third-order valence-electron chi connectivity index (χ3n) is 5.95. The van der Waals surface area contributed by atoms with Gasteiger partial charge >= 0.3 is 0 Å². The molecule has 0 saturated carbocycles. The van der Waals surface area contributed by atoms with Gasteiger partial charge in [0.15, 0.2) is 0 Å². The fourth-order valence-corrected chi connectivity index (χ4v) is 3.53. The van der Waals surface area contributed by atoms with Gasteiger partial charge in [0, 0.05) is 33.8 Å². The molecule has 166 valence electrons. The highest BCUT2D eigenvalue weighted by molar-refractivity contribution is 6.30. The number of anilines is 1. The second kappa shape index (κ2) is 9.25. The molecule has 0 aliphatic carbocycles. The van der Waals surface area contributed by atoms with Crippen molar-refractivity contribution >= 4 is 28.3 Å². The number of hydrogen-bond acceptors (Lipinski definition) is 3. The lowest BCUT2D eigenvalue weighted by atomic mass is 9.88. The van der Waals surface area contributed by atoms with Gasteiger partial charge in [-0.25, -0.2) is 9.97 Å². The monoisotopic (exact) mass is 453 g/mol. The van der Waals surface area contributed by atoms with Crippen molar-refractivity contribution in [1.29, 1.82) is 0 Å². The molecule has 4 heteroatoms. The molecule has 3 nitrogen and oxygen atoms in total. The first kappa shape index (κ1) is 22.8. The molecule has 4 aromatic rings. The van der Waals surface area contributed by atoms with Crippen molar-refractivity contribution in [2.45, 2.75) is 40.7 Å². The van der Waals surface area contributed by atoms with Crippen LogP contribution in [-0.4, -0.2) is 16.0 Å². The number of halogens is 1. The molecule has 2 aromatic heterocycles. The molecule has 0 saturated heterocycles. The van der Waals surface area contributed by atoms with Gasteiger partial charge < -0.3 is 5.32 Å². The zero-order valence-electron chi connectivity index (χ0n) is 19.7. The number of rotatable bonds is 3. The van der Waals surface area contributed by atoms with E-state index in [2.05, 4.69) is 68.9 Å². The zero-order valence-corrected chi connectivity index (χ0v) is 20.5. The minimum atomic E-state index is 0.158. The summed E-state index contributed by atoms with van der Waals surface area (Å²) >= 11 is 5.97. The molecule has 1 atom stereocenters. The molecule has 0 spiro atoms. The Hall–Kier alpha value is -3.35. The Balaban J connectivity index is 1.54. The van der Waals surface area contributed by atoms with E-state index >= 15 is 0 Å². The molecule has 0 unspecified atom stereocenters. The number of nitrogens with zero attached hydrogens (tertiary/aromatic N) is 2. The van der Waals surface area contributed by atoms with Gasteiger partial charge in [-0.05, 0) is 78.8 Å². The van der Waals surface area contributed by atoms with Gasteiger partial charge in [0.1, 0.15) is 11.5 Å². The Morgan fingerprint density at radius 3 is 2.30 bits per heavy atom. The van der Waals surface area contributed by atoms with Gasteiger partial charge in [-0.15, -0.1) is 0 Å². The normalized spacial score (nSPS) is 12.2. The van der Waals surface area contributed by atoms with Crippen molar-refractivity contribution in [1.82, 2.24) is 9.97 Å². The highest BCUT2D eigenvalue weighted by atomic mass is 35.5. The molecule has 0 radical (unpaired) electrons. The largest absolute Gasteiger partial charge is 0.367 e. The van der Waals surface area contributed by atoms with Crippen molar-refractivity contribution in [2.24, 2.45) is 5.41 Å². The lowest BCUT2D eigenvalue weighted by molar-refractivity contribution is 0.359. The molecule has 2 aromatic carbocycles. The van der Waals surface area contributed by atoms with E-state index in [-0.39, 0.29) is 5.41 Å². The van der Waals surface area contributed by atoms with Crippen LogP contribution in [0, 0.1) is 24.2 Å². The summed E-state index contributed by atoms with van der Waals surface area (Å²) in [5, 5.41) is 5.38. The van der Waals surface area contributed by atoms with Crippen molar-refractivity contribution in [3.63, 3.8) is 0 Å². The van der Waals surface area contributed by atoms with Crippen LogP contribution < -0.4 is 5.32 Å². The SMILES string of the molecule is Cc1cc(N[C@@H](C)C(C)(C)C)nc2ccc(C#Cc3ccc(-c4ccc(Cl)cc4)cn3)cc12. The molecule has 2 heterocycles. The molecule has 0 bridgehead atoms. The third-order valence-corrected chi connectivity index (χ3v) is 6.21. The van der Waals surface area contributed by atoms with E-state index in [1.54, 1.807) is 0 Å². The fraction of sp³-hybridized carbons (Fsp3) is 0.241. The lowest BCUT2D eigenvalue weighted by Crippen LogP contribution is -2.31. The topological polar surface area (TPSA) is 37.8 Å². The van der Waals surface area contributed by atoms with Gasteiger partial charge in [0.05, 0.1) is 5.52 Å². The molecule has 0 aliphatic rings. The van der Waals surface area contributed by atoms with Gasteiger partial charge in [-0.1, -0.05) is 56.5 Å². The average Bonchev–Trinajstić information content (AvgIpc) is 2.78. The number of nitrogens with one attached hydrogen (secondary N) is 1. The molecule has 1 N–H and O–H groups in total. The Morgan fingerprint density at radius 1 is 0.909 bits per heavy atom. The Bertz CT molecular complexity index is 1340. The van der Waals surface area contributed by atoms with Crippen molar-refractivity contribution in [3.05, 3.63) is 88.7 Å². The minimum Gasteiger partial charge on any atom is -0.367 e. The molecule has 0 aliphatic heterocycles. The summed E-state index contributed by atoms with van der Waals surface area (Å²) in [6, 6.07) is 20.3. The lowest BCUT2D eigenvalue weighted by Gasteiger charge is -2.28. The van der Waals surface area contributed by atoms with Crippen LogP contribution in [0.3, 0.4) is 0 Å². The molecule has 0 fully saturated rings. The Kier molecular flexibility index (Phi) is 6.40. The van der Waals surface area contributed by atoms with Gasteiger partial charge in [0.2, 0.25) is 0 Å². The van der Waals surface area contributed by atoms with Crippen molar-refractivity contribution < 1.29 is 0 Å². The van der Waals surface area contributed by atoms with Crippen molar-refractivity contribution in [3.8, 4) is 23.0 Å². The first-order valence-corrected chi connectivity index (χ1v) is 11.5. The minimum absolute atomic E-state index is 0.158. The van der Waals surface area contributed by atoms with Gasteiger partial charge in [0.25, 0.3) is 0 Å². The predicted octanol–water partition coefficient (Wildman–Crippen LogP) is 7.50. The van der Waals surface area contributed by atoms with Crippen LogP contribution >= 0.6 is 11.6 Å². The second-order valence-corrected chi connectivity index (χ2v) is 9.91. The fourth-order valence-electron chi connectivity index (χ4n) is 3.40. The second-order valence-electron chi connectivity index (χ2n) is 9.48. The summed E-state index contributed by atoms with van der Waals surface area (Å²) < 4.78 is 0. The summed E-state index contributed by atoms with van der Waals surface area (Å²) in [4.78, 5) is 9.32. The van der Waals surface area contributed by atoms with Crippen LogP contribution in [0.2, 0.25) is 5.02 Å². The van der Waals surface area contributed by atoms with Crippen LogP contribution in [0.25, 0.3) is 22.0 Å². The number of pyridine rings is 2. The molecular formula is C29H28ClN3. The Morgan fingerprint density at radius 2 is 1.64 bits per heavy atom. The summed E-state index contributed by atoms with van der Waals surface area (Å²) in [6.07, 6.45) is 1.84. The van der Waals surface area contributed by atoms with E-state index in [0.717, 1.165) is 44.1 Å². The number of fused-ring (bicyclic) bond motifs is 1. The summed E-state index contributed by atoms with van der Waals surface area (Å²) in [5.41, 5.74) is 6.10. The summed E-state index contributed by atoms with van der Waals surface area (Å²) in [5.74, 6) is 7.32. The molecule has 0 amide bonds. The number of aromatic nitrogens is 2. The van der Waals surface area contributed by atoms with Gasteiger partial charge in [-0.2, -0.15) is 0 Å². The van der Waals surface area contributed by atoms with E-state index in [1.807, 2.05) is 54.7 Å². The maximum absolute atomic E-state index is 5.97. The summed E-state index contributed by atoms with van der Waals surface area (Å²) in [6.45, 7) is 11.0. The first-order valence-electron chi connectivity index (χ1n) is 11.1. The highest BCUT2D eigenvalue weighted by Gasteiger charge is 2.20. The van der Waals surface area contributed by atoms with Crippen LogP contribution in [0.5, 0.6) is 0 Å².